The molecule has 0 amide bonds. The third-order valence-corrected chi connectivity index (χ3v) is 9.71. The highest BCUT2D eigenvalue weighted by Crippen LogP contribution is 2.53. The molecule has 1 unspecified atom stereocenters. The van der Waals surface area contributed by atoms with Gasteiger partial charge in [0.15, 0.2) is 11.9 Å². The van der Waals surface area contributed by atoms with E-state index in [9.17, 15) is 5.26 Å². The fourth-order valence-corrected chi connectivity index (χ4v) is 7.23. The molecule has 2 aromatic heterocycles. The molecule has 6 aromatic carbocycles. The summed E-state index contributed by atoms with van der Waals surface area (Å²) in [5, 5.41) is 12.8. The molecule has 0 bridgehead atoms. The van der Waals surface area contributed by atoms with Crippen LogP contribution in [0.1, 0.15) is 11.1 Å². The van der Waals surface area contributed by atoms with Crippen LogP contribution in [0, 0.1) is 17.9 Å². The normalized spacial score (nSPS) is 14.3. The van der Waals surface area contributed by atoms with E-state index in [1.165, 1.54) is 0 Å². The molecule has 0 N–H and O–H groups in total. The predicted molar refractivity (Wildman–Crippen MR) is 203 cm³/mol. The van der Waals surface area contributed by atoms with Gasteiger partial charge in [0, 0.05) is 40.2 Å². The zero-order valence-corrected chi connectivity index (χ0v) is 27.3. The number of hydrogen-bond acceptors (Lipinski definition) is 4. The minimum absolute atomic E-state index is 0.638. The molecule has 0 aliphatic heterocycles. The first-order valence-corrected chi connectivity index (χ1v) is 16.7. The Morgan fingerprint density at radius 1 is 0.549 bits per heavy atom. The molecule has 0 spiro atoms. The molecule has 0 saturated heterocycles. The molecule has 9 rings (SSSR count). The van der Waals surface area contributed by atoms with Gasteiger partial charge in [0.1, 0.15) is 0 Å². The van der Waals surface area contributed by atoms with Crippen molar-refractivity contribution in [1.29, 1.82) is 5.26 Å². The predicted octanol–water partition coefficient (Wildman–Crippen LogP) is 11.0. The maximum absolute atomic E-state index is 10.7. The highest BCUT2D eigenvalue weighted by atomic mass is 14.9. The van der Waals surface area contributed by atoms with Crippen molar-refractivity contribution in [1.82, 2.24) is 15.0 Å². The number of pyridine rings is 1. The Bertz CT molecular complexity index is 2640. The van der Waals surface area contributed by atoms with Crippen LogP contribution in [-0.4, -0.2) is 15.0 Å². The second kappa shape index (κ2) is 12.0. The molecule has 8 aromatic rings. The molecule has 236 valence electrons. The van der Waals surface area contributed by atoms with E-state index in [1.54, 1.807) is 6.20 Å². The van der Waals surface area contributed by atoms with E-state index in [4.69, 9.17) is 16.5 Å². The lowest BCUT2D eigenvalue weighted by Gasteiger charge is -2.14. The van der Waals surface area contributed by atoms with Gasteiger partial charge in [0.05, 0.1) is 22.5 Å². The maximum Gasteiger partial charge on any atom is 0.367 e. The first kappa shape index (κ1) is 29.9. The average Bonchev–Trinajstić information content (AvgIpc) is 3.51. The molecule has 0 fully saturated rings. The van der Waals surface area contributed by atoms with Crippen LogP contribution in [0.5, 0.6) is 0 Å². The van der Waals surface area contributed by atoms with Gasteiger partial charge < -0.3 is 0 Å². The Morgan fingerprint density at radius 3 is 1.94 bits per heavy atom. The summed E-state index contributed by atoms with van der Waals surface area (Å²) in [7, 11) is 0. The molecule has 0 radical (unpaired) electrons. The molecule has 5 heteroatoms. The Labute approximate surface area is 295 Å². The van der Waals surface area contributed by atoms with E-state index < -0.39 is 5.54 Å². The molecule has 0 saturated carbocycles. The van der Waals surface area contributed by atoms with E-state index >= 15 is 0 Å². The van der Waals surface area contributed by atoms with Gasteiger partial charge in [-0.15, -0.1) is 0 Å². The van der Waals surface area contributed by atoms with Crippen molar-refractivity contribution in [3.05, 3.63) is 187 Å². The van der Waals surface area contributed by atoms with Crippen molar-refractivity contribution < 1.29 is 0 Å². The fraction of sp³-hybridized carbons (Fsp3) is 0.0217. The van der Waals surface area contributed by atoms with Gasteiger partial charge in [-0.25, -0.2) is 16.5 Å². The molecule has 51 heavy (non-hydrogen) atoms. The van der Waals surface area contributed by atoms with Crippen LogP contribution in [0.15, 0.2) is 164 Å². The van der Waals surface area contributed by atoms with Crippen molar-refractivity contribution >= 4 is 10.8 Å². The summed E-state index contributed by atoms with van der Waals surface area (Å²) in [4.78, 5) is 18.6. The third-order valence-electron chi connectivity index (χ3n) is 9.71. The molecule has 1 aliphatic carbocycles. The Kier molecular flexibility index (Phi) is 7.06. The Balaban J connectivity index is 1.27. The van der Waals surface area contributed by atoms with E-state index in [0.29, 0.717) is 11.4 Å². The highest BCUT2D eigenvalue weighted by molar-refractivity contribution is 6.04. The Hall–Kier alpha value is -7.21. The first-order valence-electron chi connectivity index (χ1n) is 16.7. The number of aromatic nitrogens is 3. The lowest BCUT2D eigenvalue weighted by atomic mass is 9.87. The summed E-state index contributed by atoms with van der Waals surface area (Å²) in [5.41, 5.74) is 10.1. The van der Waals surface area contributed by atoms with Gasteiger partial charge in [0.25, 0.3) is 0 Å². The second-order valence-electron chi connectivity index (χ2n) is 12.6. The molecular formula is C46H27N5. The van der Waals surface area contributed by atoms with Crippen LogP contribution < -0.4 is 0 Å². The van der Waals surface area contributed by atoms with Crippen LogP contribution in [0.4, 0.5) is 0 Å². The van der Waals surface area contributed by atoms with Gasteiger partial charge in [-0.05, 0) is 75.5 Å². The summed E-state index contributed by atoms with van der Waals surface area (Å²) in [6, 6.07) is 53.3. The maximum atomic E-state index is 10.7. The van der Waals surface area contributed by atoms with Gasteiger partial charge in [0.2, 0.25) is 0 Å². The zero-order valence-electron chi connectivity index (χ0n) is 27.3. The number of nitrogens with zero attached hydrogens (tertiary/aromatic N) is 5. The molecule has 1 atom stereocenters. The van der Waals surface area contributed by atoms with Gasteiger partial charge in [-0.3, -0.25) is 9.83 Å². The van der Waals surface area contributed by atoms with Crippen LogP contribution in [-0.2, 0) is 5.54 Å². The SMILES string of the molecule is [C-]#[N+]C1(C#N)c2cc(-c3cc(-c4cccnc4)cc(-c4cc(-c5ccccc5)nc(-c5ccccc5)n4)c3)ccc2-c2c1ccc1ccccc21. The number of fused-ring (bicyclic) bond motifs is 5. The number of nitriles is 1. The van der Waals surface area contributed by atoms with Crippen molar-refractivity contribution in [2.45, 2.75) is 5.54 Å². The number of benzene rings is 6. The summed E-state index contributed by atoms with van der Waals surface area (Å²) in [6.45, 7) is 8.35. The fourth-order valence-electron chi connectivity index (χ4n) is 7.23. The quantitative estimate of drug-likeness (QED) is 0.174. The minimum Gasteiger partial charge on any atom is -0.283 e. The van der Waals surface area contributed by atoms with Crippen LogP contribution in [0.25, 0.3) is 82.9 Å². The van der Waals surface area contributed by atoms with Gasteiger partial charge in [-0.2, -0.15) is 5.26 Å². The lowest BCUT2D eigenvalue weighted by Crippen LogP contribution is -2.17. The first-order chi connectivity index (χ1) is 25.1. The van der Waals surface area contributed by atoms with E-state index in [0.717, 1.165) is 77.8 Å². The molecule has 5 nitrogen and oxygen atoms in total. The largest absolute Gasteiger partial charge is 0.367 e. The van der Waals surface area contributed by atoms with Gasteiger partial charge >= 0.3 is 5.54 Å². The average molecular weight is 650 g/mol. The van der Waals surface area contributed by atoms with Crippen molar-refractivity contribution in [3.63, 3.8) is 0 Å². The van der Waals surface area contributed by atoms with Crippen molar-refractivity contribution in [2.75, 3.05) is 0 Å². The summed E-state index contributed by atoms with van der Waals surface area (Å²) in [5.74, 6) is 0.638. The van der Waals surface area contributed by atoms with Crippen LogP contribution in [0.3, 0.4) is 0 Å². The zero-order chi connectivity index (χ0) is 34.4. The van der Waals surface area contributed by atoms with Crippen LogP contribution >= 0.6 is 0 Å². The number of rotatable bonds is 5. The summed E-state index contributed by atoms with van der Waals surface area (Å²) in [6.07, 6.45) is 3.63. The minimum atomic E-state index is -1.45. The van der Waals surface area contributed by atoms with Crippen molar-refractivity contribution in [2.24, 2.45) is 0 Å². The standard InChI is InChI=1S/C46H27N5/c1-48-46(29-47)40-21-19-30-11-8-9-17-38(30)44(40)39-20-18-33(26-41(39)46)35-23-36(34-16-10-22-49-28-34)25-37(24-35)43-27-42(31-12-4-2-5-13-31)50-45(51-43)32-14-6-3-7-15-32/h2-28H. The van der Waals surface area contributed by atoms with Gasteiger partial charge in [-0.1, -0.05) is 109 Å². The smallest absolute Gasteiger partial charge is 0.283 e. The van der Waals surface area contributed by atoms with E-state index in [2.05, 4.69) is 70.5 Å². The van der Waals surface area contributed by atoms with E-state index in [1.807, 2.05) is 103 Å². The lowest BCUT2D eigenvalue weighted by molar-refractivity contribution is 0.856. The Morgan fingerprint density at radius 2 is 1.22 bits per heavy atom. The van der Waals surface area contributed by atoms with Crippen LogP contribution in [0.2, 0.25) is 0 Å². The third kappa shape index (κ3) is 4.96. The van der Waals surface area contributed by atoms with E-state index in [-0.39, 0.29) is 0 Å². The summed E-state index contributed by atoms with van der Waals surface area (Å²) >= 11 is 0. The number of hydrogen-bond donors (Lipinski definition) is 0. The molecule has 2 heterocycles. The second-order valence-corrected chi connectivity index (χ2v) is 12.6. The molecule has 1 aliphatic rings. The highest BCUT2D eigenvalue weighted by Gasteiger charge is 2.51. The van der Waals surface area contributed by atoms with Crippen molar-refractivity contribution in [3.8, 4) is 73.4 Å². The monoisotopic (exact) mass is 649 g/mol. The topological polar surface area (TPSA) is 66.8 Å². The molecular weight excluding hydrogens is 623 g/mol. The summed E-state index contributed by atoms with van der Waals surface area (Å²) < 4.78 is 0.